The second-order valence-corrected chi connectivity index (χ2v) is 4.51. The molecule has 0 aromatic carbocycles. The van der Waals surface area contributed by atoms with Crippen LogP contribution in [0.5, 0.6) is 0 Å². The van der Waals surface area contributed by atoms with Gasteiger partial charge in [-0.3, -0.25) is 0 Å². The Morgan fingerprint density at radius 1 is 1.43 bits per heavy atom. The molecule has 1 aliphatic heterocycles. The van der Waals surface area contributed by atoms with Crippen LogP contribution in [0.15, 0.2) is 0 Å². The van der Waals surface area contributed by atoms with Gasteiger partial charge in [0.05, 0.1) is 0 Å². The third-order valence-corrected chi connectivity index (χ3v) is 3.30. The van der Waals surface area contributed by atoms with Crippen LogP contribution in [0.3, 0.4) is 0 Å². The molecule has 2 unspecified atom stereocenters. The van der Waals surface area contributed by atoms with Gasteiger partial charge < -0.3 is 10.6 Å². The van der Waals surface area contributed by atoms with Gasteiger partial charge in [-0.1, -0.05) is 33.1 Å². The lowest BCUT2D eigenvalue weighted by Gasteiger charge is -2.18. The quantitative estimate of drug-likeness (QED) is 0.655. The largest absolute Gasteiger partial charge is 0.315 e. The van der Waals surface area contributed by atoms with Gasteiger partial charge in [0.25, 0.3) is 0 Å². The maximum atomic E-state index is 3.68. The van der Waals surface area contributed by atoms with Crippen molar-refractivity contribution in [1.29, 1.82) is 0 Å². The minimum Gasteiger partial charge on any atom is -0.315 e. The molecule has 2 N–H and O–H groups in total. The zero-order chi connectivity index (χ0) is 10.2. The maximum absolute atomic E-state index is 3.68. The Kier molecular flexibility index (Phi) is 6.20. The first-order chi connectivity index (χ1) is 6.86. The molecule has 2 atom stereocenters. The van der Waals surface area contributed by atoms with E-state index in [0.717, 1.165) is 12.0 Å². The summed E-state index contributed by atoms with van der Waals surface area (Å²) in [4.78, 5) is 0. The SMILES string of the molecule is CCCCC(CC)CNC1CCNC1. The summed E-state index contributed by atoms with van der Waals surface area (Å²) in [6.45, 7) is 8.19. The minimum absolute atomic E-state index is 0.741. The summed E-state index contributed by atoms with van der Waals surface area (Å²) in [5, 5.41) is 7.07. The Labute approximate surface area is 88.8 Å². The van der Waals surface area contributed by atoms with Gasteiger partial charge in [-0.2, -0.15) is 0 Å². The van der Waals surface area contributed by atoms with E-state index in [4.69, 9.17) is 0 Å². The molecule has 2 nitrogen and oxygen atoms in total. The van der Waals surface area contributed by atoms with E-state index < -0.39 is 0 Å². The molecule has 0 aliphatic carbocycles. The molecule has 84 valence electrons. The predicted octanol–water partition coefficient (Wildman–Crippen LogP) is 2.15. The lowest BCUT2D eigenvalue weighted by atomic mass is 9.99. The lowest BCUT2D eigenvalue weighted by molar-refractivity contribution is 0.394. The van der Waals surface area contributed by atoms with Gasteiger partial charge in [-0.15, -0.1) is 0 Å². The van der Waals surface area contributed by atoms with Crippen molar-refractivity contribution in [3.05, 3.63) is 0 Å². The second-order valence-electron chi connectivity index (χ2n) is 4.51. The summed E-state index contributed by atoms with van der Waals surface area (Å²) < 4.78 is 0. The number of unbranched alkanes of at least 4 members (excludes halogenated alkanes) is 1. The molecule has 2 heteroatoms. The summed E-state index contributed by atoms with van der Waals surface area (Å²) in [6, 6.07) is 0.741. The minimum atomic E-state index is 0.741. The highest BCUT2D eigenvalue weighted by atomic mass is 15.0. The van der Waals surface area contributed by atoms with Crippen molar-refractivity contribution in [2.75, 3.05) is 19.6 Å². The van der Waals surface area contributed by atoms with E-state index in [0.29, 0.717) is 0 Å². The third kappa shape index (κ3) is 4.43. The Morgan fingerprint density at radius 2 is 2.29 bits per heavy atom. The Hall–Kier alpha value is -0.0800. The first-order valence-corrected chi connectivity index (χ1v) is 6.30. The number of hydrogen-bond donors (Lipinski definition) is 2. The molecule has 0 bridgehead atoms. The van der Waals surface area contributed by atoms with E-state index in [9.17, 15) is 0 Å². The van der Waals surface area contributed by atoms with E-state index >= 15 is 0 Å². The first-order valence-electron chi connectivity index (χ1n) is 6.30. The van der Waals surface area contributed by atoms with Crippen LogP contribution in [-0.4, -0.2) is 25.7 Å². The van der Waals surface area contributed by atoms with Gasteiger partial charge in [0, 0.05) is 12.6 Å². The average Bonchev–Trinajstić information content (AvgIpc) is 2.71. The van der Waals surface area contributed by atoms with Crippen molar-refractivity contribution in [2.24, 2.45) is 5.92 Å². The highest BCUT2D eigenvalue weighted by molar-refractivity contribution is 4.78. The van der Waals surface area contributed by atoms with E-state index in [1.807, 2.05) is 0 Å². The zero-order valence-electron chi connectivity index (χ0n) is 9.81. The van der Waals surface area contributed by atoms with Gasteiger partial charge in [0.1, 0.15) is 0 Å². The maximum Gasteiger partial charge on any atom is 0.0204 e. The van der Waals surface area contributed by atoms with Crippen LogP contribution >= 0.6 is 0 Å². The van der Waals surface area contributed by atoms with Crippen LogP contribution in [0.25, 0.3) is 0 Å². The fourth-order valence-corrected chi connectivity index (χ4v) is 2.11. The molecule has 1 saturated heterocycles. The molecular formula is C12H26N2. The fourth-order valence-electron chi connectivity index (χ4n) is 2.11. The van der Waals surface area contributed by atoms with Crippen LogP contribution in [0.2, 0.25) is 0 Å². The highest BCUT2D eigenvalue weighted by Crippen LogP contribution is 2.12. The van der Waals surface area contributed by atoms with Crippen LogP contribution in [0, 0.1) is 5.92 Å². The summed E-state index contributed by atoms with van der Waals surface area (Å²) in [5.41, 5.74) is 0. The lowest BCUT2D eigenvalue weighted by Crippen LogP contribution is -2.34. The van der Waals surface area contributed by atoms with Crippen LogP contribution in [-0.2, 0) is 0 Å². The predicted molar refractivity (Wildman–Crippen MR) is 62.6 cm³/mol. The summed E-state index contributed by atoms with van der Waals surface area (Å²) in [5.74, 6) is 0.899. The van der Waals surface area contributed by atoms with Crippen molar-refractivity contribution < 1.29 is 0 Å². The van der Waals surface area contributed by atoms with Crippen LogP contribution in [0.4, 0.5) is 0 Å². The molecule has 0 aromatic heterocycles. The third-order valence-electron chi connectivity index (χ3n) is 3.30. The monoisotopic (exact) mass is 198 g/mol. The molecule has 1 heterocycles. The van der Waals surface area contributed by atoms with Crippen molar-refractivity contribution in [1.82, 2.24) is 10.6 Å². The van der Waals surface area contributed by atoms with E-state index in [1.165, 1.54) is 51.7 Å². The van der Waals surface area contributed by atoms with E-state index in [2.05, 4.69) is 24.5 Å². The normalized spacial score (nSPS) is 24.0. The Morgan fingerprint density at radius 3 is 2.86 bits per heavy atom. The van der Waals surface area contributed by atoms with Crippen molar-refractivity contribution >= 4 is 0 Å². The highest BCUT2D eigenvalue weighted by Gasteiger charge is 2.14. The smallest absolute Gasteiger partial charge is 0.0204 e. The number of nitrogens with one attached hydrogen (secondary N) is 2. The number of hydrogen-bond acceptors (Lipinski definition) is 2. The van der Waals surface area contributed by atoms with Crippen molar-refractivity contribution in [3.8, 4) is 0 Å². The van der Waals surface area contributed by atoms with E-state index in [1.54, 1.807) is 0 Å². The van der Waals surface area contributed by atoms with Crippen LogP contribution < -0.4 is 10.6 Å². The number of rotatable bonds is 7. The molecule has 14 heavy (non-hydrogen) atoms. The van der Waals surface area contributed by atoms with Crippen LogP contribution in [0.1, 0.15) is 46.0 Å². The molecule has 1 rings (SSSR count). The summed E-state index contributed by atoms with van der Waals surface area (Å²) in [7, 11) is 0. The van der Waals surface area contributed by atoms with Gasteiger partial charge in [0.2, 0.25) is 0 Å². The summed E-state index contributed by atoms with van der Waals surface area (Å²) >= 11 is 0. The molecule has 1 aliphatic rings. The molecule has 0 amide bonds. The summed E-state index contributed by atoms with van der Waals surface area (Å²) in [6.07, 6.45) is 6.77. The van der Waals surface area contributed by atoms with Crippen molar-refractivity contribution in [3.63, 3.8) is 0 Å². The Balaban J connectivity index is 2.06. The van der Waals surface area contributed by atoms with Gasteiger partial charge in [-0.05, 0) is 31.8 Å². The molecule has 0 radical (unpaired) electrons. The zero-order valence-corrected chi connectivity index (χ0v) is 9.81. The van der Waals surface area contributed by atoms with Gasteiger partial charge in [0.15, 0.2) is 0 Å². The topological polar surface area (TPSA) is 24.1 Å². The molecule has 0 aromatic rings. The van der Waals surface area contributed by atoms with Crippen molar-refractivity contribution in [2.45, 2.75) is 52.0 Å². The van der Waals surface area contributed by atoms with E-state index in [-0.39, 0.29) is 0 Å². The first kappa shape index (κ1) is 12.0. The molecule has 1 fully saturated rings. The Bertz CT molecular complexity index is 130. The average molecular weight is 198 g/mol. The standard InChI is InChI=1S/C12H26N2/c1-3-5-6-11(4-2)9-14-12-7-8-13-10-12/h11-14H,3-10H2,1-2H3. The van der Waals surface area contributed by atoms with Gasteiger partial charge in [-0.25, -0.2) is 0 Å². The molecule has 0 spiro atoms. The molecule has 0 saturated carbocycles. The molecular weight excluding hydrogens is 172 g/mol. The van der Waals surface area contributed by atoms with Gasteiger partial charge >= 0.3 is 0 Å². The second kappa shape index (κ2) is 7.24. The fraction of sp³-hybridized carbons (Fsp3) is 1.00.